The molecule has 2 aromatic heterocycles. The number of nitrogens with zero attached hydrogens (tertiary/aromatic N) is 3. The number of nitrogens with one attached hydrogen (secondary N) is 1. The molecule has 156 valence electrons. The molecule has 0 atom stereocenters. The number of aromatic amines is 1. The van der Waals surface area contributed by atoms with Gasteiger partial charge in [0, 0.05) is 48.6 Å². The quantitative estimate of drug-likeness (QED) is 0.532. The van der Waals surface area contributed by atoms with Gasteiger partial charge in [-0.1, -0.05) is 18.2 Å². The normalized spacial score (nSPS) is 16.0. The zero-order valence-corrected chi connectivity index (χ0v) is 16.4. The molecule has 1 N–H and O–H groups in total. The van der Waals surface area contributed by atoms with E-state index < -0.39 is 5.92 Å². The number of benzene rings is 2. The van der Waals surface area contributed by atoms with Crippen molar-refractivity contribution in [3.05, 3.63) is 70.8 Å². The Balaban J connectivity index is 1.48. The molecule has 0 bridgehead atoms. The summed E-state index contributed by atoms with van der Waals surface area (Å²) in [5.41, 5.74) is 2.14. The zero-order chi connectivity index (χ0) is 21.6. The molecule has 1 amide bonds. The van der Waals surface area contributed by atoms with Gasteiger partial charge in [0.1, 0.15) is 5.52 Å². The number of carbonyl (C=O) groups is 1. The van der Waals surface area contributed by atoms with E-state index in [0.29, 0.717) is 16.5 Å². The molecule has 0 spiro atoms. The van der Waals surface area contributed by atoms with E-state index in [1.807, 2.05) is 30.3 Å². The molecule has 1 fully saturated rings. The van der Waals surface area contributed by atoms with E-state index in [1.54, 1.807) is 24.5 Å². The summed E-state index contributed by atoms with van der Waals surface area (Å²) in [5, 5.41) is 8.62. The van der Waals surface area contributed by atoms with Crippen molar-refractivity contribution >= 4 is 27.6 Å². The molecule has 0 unspecified atom stereocenters. The first-order valence-electron chi connectivity index (χ1n) is 9.94. The van der Waals surface area contributed by atoms with Crippen molar-refractivity contribution in [3.63, 3.8) is 0 Å². The van der Waals surface area contributed by atoms with E-state index in [1.165, 1.54) is 4.90 Å². The highest BCUT2D eigenvalue weighted by Crippen LogP contribution is 2.30. The first-order chi connectivity index (χ1) is 14.9. The van der Waals surface area contributed by atoms with E-state index >= 15 is 0 Å². The maximum absolute atomic E-state index is 13.4. The minimum absolute atomic E-state index is 0.0554. The zero-order valence-electron chi connectivity index (χ0n) is 16.4. The Morgan fingerprint density at radius 1 is 0.935 bits per heavy atom. The Kier molecular flexibility index (Phi) is 4.50. The second-order valence-electron chi connectivity index (χ2n) is 7.79. The van der Waals surface area contributed by atoms with Gasteiger partial charge in [-0.15, -0.1) is 0 Å². The SMILES string of the molecule is O=C(c1ccc2ccc(-c3cnc4c(=O)[nH]ncc4c3)cc2c1)N1CCC(F)(F)CC1. The average molecular weight is 420 g/mol. The van der Waals surface area contributed by atoms with Crippen molar-refractivity contribution < 1.29 is 13.6 Å². The minimum atomic E-state index is -2.69. The monoisotopic (exact) mass is 420 g/mol. The van der Waals surface area contributed by atoms with Crippen LogP contribution in [0.15, 0.2) is 59.7 Å². The smallest absolute Gasteiger partial charge is 0.290 e. The molecule has 1 aliphatic rings. The van der Waals surface area contributed by atoms with Crippen LogP contribution in [0.3, 0.4) is 0 Å². The fraction of sp³-hybridized carbons (Fsp3) is 0.217. The highest BCUT2D eigenvalue weighted by molar-refractivity contribution is 5.99. The molecule has 4 aromatic rings. The molecule has 1 saturated heterocycles. The van der Waals surface area contributed by atoms with Crippen LogP contribution in [0.25, 0.3) is 32.8 Å². The van der Waals surface area contributed by atoms with E-state index in [9.17, 15) is 18.4 Å². The lowest BCUT2D eigenvalue weighted by Gasteiger charge is -2.31. The van der Waals surface area contributed by atoms with E-state index in [-0.39, 0.29) is 37.4 Å². The van der Waals surface area contributed by atoms with Crippen molar-refractivity contribution in [3.8, 4) is 11.1 Å². The molecule has 0 saturated carbocycles. The van der Waals surface area contributed by atoms with Crippen LogP contribution in [0.4, 0.5) is 8.78 Å². The van der Waals surface area contributed by atoms with Crippen LogP contribution in [0.2, 0.25) is 0 Å². The van der Waals surface area contributed by atoms with Crippen molar-refractivity contribution in [1.82, 2.24) is 20.1 Å². The van der Waals surface area contributed by atoms with Crippen molar-refractivity contribution in [2.45, 2.75) is 18.8 Å². The second-order valence-corrected chi connectivity index (χ2v) is 7.79. The first kappa shape index (κ1) is 19.3. The van der Waals surface area contributed by atoms with Gasteiger partial charge in [-0.3, -0.25) is 9.59 Å². The molecule has 2 aromatic carbocycles. The van der Waals surface area contributed by atoms with Gasteiger partial charge in [0.25, 0.3) is 17.4 Å². The van der Waals surface area contributed by atoms with Gasteiger partial charge in [0.05, 0.1) is 6.20 Å². The van der Waals surface area contributed by atoms with Crippen LogP contribution in [0, 0.1) is 0 Å². The summed E-state index contributed by atoms with van der Waals surface area (Å²) < 4.78 is 26.8. The van der Waals surface area contributed by atoms with Gasteiger partial charge in [-0.2, -0.15) is 5.10 Å². The number of amides is 1. The Morgan fingerprint density at radius 3 is 2.48 bits per heavy atom. The summed E-state index contributed by atoms with van der Waals surface area (Å²) in [5.74, 6) is -2.93. The van der Waals surface area contributed by atoms with Gasteiger partial charge < -0.3 is 4.90 Å². The number of aromatic nitrogens is 3. The Bertz CT molecular complexity index is 1370. The maximum Gasteiger partial charge on any atom is 0.290 e. The second kappa shape index (κ2) is 7.23. The summed E-state index contributed by atoms with van der Waals surface area (Å²) >= 11 is 0. The number of halogens is 2. The Hall–Kier alpha value is -3.68. The molecule has 6 nitrogen and oxygen atoms in total. The fourth-order valence-electron chi connectivity index (χ4n) is 3.92. The summed E-state index contributed by atoms with van der Waals surface area (Å²) in [6.45, 7) is 0.111. The summed E-state index contributed by atoms with van der Waals surface area (Å²) in [6.07, 6.45) is 2.57. The van der Waals surface area contributed by atoms with Crippen LogP contribution in [-0.2, 0) is 0 Å². The van der Waals surface area contributed by atoms with Crippen LogP contribution in [-0.4, -0.2) is 45.0 Å². The fourth-order valence-corrected chi connectivity index (χ4v) is 3.92. The minimum Gasteiger partial charge on any atom is -0.338 e. The lowest BCUT2D eigenvalue weighted by Crippen LogP contribution is -2.42. The van der Waals surface area contributed by atoms with Gasteiger partial charge in [0.15, 0.2) is 0 Å². The molecule has 3 heterocycles. The van der Waals surface area contributed by atoms with E-state index in [0.717, 1.165) is 21.9 Å². The van der Waals surface area contributed by atoms with Gasteiger partial charge >= 0.3 is 0 Å². The molecule has 31 heavy (non-hydrogen) atoms. The number of hydrogen-bond acceptors (Lipinski definition) is 4. The predicted octanol–water partition coefficient (Wildman–Crippen LogP) is 4.01. The van der Waals surface area contributed by atoms with Crippen molar-refractivity contribution in [2.24, 2.45) is 0 Å². The predicted molar refractivity (Wildman–Crippen MR) is 113 cm³/mol. The number of H-pyrrole nitrogens is 1. The van der Waals surface area contributed by atoms with Crippen molar-refractivity contribution in [1.29, 1.82) is 0 Å². The number of likely N-dealkylation sites (tertiary alicyclic amines) is 1. The number of rotatable bonds is 2. The Morgan fingerprint density at radius 2 is 1.68 bits per heavy atom. The number of piperidine rings is 1. The maximum atomic E-state index is 13.4. The lowest BCUT2D eigenvalue weighted by molar-refractivity contribution is -0.0494. The first-order valence-corrected chi connectivity index (χ1v) is 9.94. The summed E-state index contributed by atoms with van der Waals surface area (Å²) in [7, 11) is 0. The summed E-state index contributed by atoms with van der Waals surface area (Å²) in [6, 6.07) is 13.0. The highest BCUT2D eigenvalue weighted by Gasteiger charge is 2.35. The third kappa shape index (κ3) is 3.65. The number of alkyl halides is 2. The van der Waals surface area contributed by atoms with E-state index in [2.05, 4.69) is 15.2 Å². The number of carbonyl (C=O) groups excluding carboxylic acids is 1. The number of fused-ring (bicyclic) bond motifs is 2. The van der Waals surface area contributed by atoms with E-state index in [4.69, 9.17) is 0 Å². The van der Waals surface area contributed by atoms with Gasteiger partial charge in [0.2, 0.25) is 0 Å². The Labute approximate surface area is 175 Å². The standard InChI is InChI=1S/C23H18F2N4O2/c24-23(25)5-7-29(8-6-23)22(31)16-4-2-14-1-3-15(9-17(14)10-16)18-11-19-13-27-28-21(30)20(19)26-12-18/h1-4,9-13H,5-8H2,(H,28,30). The number of pyridine rings is 1. The van der Waals surface area contributed by atoms with Crippen LogP contribution >= 0.6 is 0 Å². The topological polar surface area (TPSA) is 79.0 Å². The van der Waals surface area contributed by atoms with Gasteiger partial charge in [-0.25, -0.2) is 18.9 Å². The van der Waals surface area contributed by atoms with Gasteiger partial charge in [-0.05, 0) is 40.6 Å². The third-order valence-electron chi connectivity index (χ3n) is 5.70. The third-order valence-corrected chi connectivity index (χ3v) is 5.70. The molecular weight excluding hydrogens is 402 g/mol. The average Bonchev–Trinajstić information content (AvgIpc) is 2.78. The largest absolute Gasteiger partial charge is 0.338 e. The number of hydrogen-bond donors (Lipinski definition) is 1. The molecular formula is C23H18F2N4O2. The van der Waals surface area contributed by atoms with Crippen LogP contribution < -0.4 is 5.56 Å². The molecule has 0 aliphatic carbocycles. The molecule has 8 heteroatoms. The molecule has 0 radical (unpaired) electrons. The van der Waals surface area contributed by atoms with Crippen LogP contribution in [0.1, 0.15) is 23.2 Å². The lowest BCUT2D eigenvalue weighted by atomic mass is 9.99. The summed E-state index contributed by atoms with van der Waals surface area (Å²) in [4.78, 5) is 30.4. The van der Waals surface area contributed by atoms with Crippen molar-refractivity contribution in [2.75, 3.05) is 13.1 Å². The molecule has 1 aliphatic heterocycles. The molecule has 5 rings (SSSR count). The van der Waals surface area contributed by atoms with Crippen LogP contribution in [0.5, 0.6) is 0 Å². The highest BCUT2D eigenvalue weighted by atomic mass is 19.3.